The van der Waals surface area contributed by atoms with Gasteiger partial charge >= 0.3 is 12.4 Å². The summed E-state index contributed by atoms with van der Waals surface area (Å²) in [6.07, 6.45) is -8.21. The lowest BCUT2D eigenvalue weighted by Crippen LogP contribution is -2.38. The highest BCUT2D eigenvalue weighted by atomic mass is 32.2. The van der Waals surface area contributed by atoms with Crippen LogP contribution < -0.4 is 43.9 Å². The Morgan fingerprint density at radius 3 is 1.43 bits per heavy atom. The smallest absolute Gasteiger partial charge is 0.416 e. The molecule has 2 amide bonds. The summed E-state index contributed by atoms with van der Waals surface area (Å²) >= 11 is -3.88. The predicted molar refractivity (Wildman–Crippen MR) is 272 cm³/mol. The molecule has 0 aliphatic carbocycles. The summed E-state index contributed by atoms with van der Waals surface area (Å²) in [5.74, 6) is -1.58. The Morgan fingerprint density at radius 2 is 0.986 bits per heavy atom. The minimum absolute atomic E-state index is 0.0520. The summed E-state index contributed by atoms with van der Waals surface area (Å²) in [6, 6.07) is 22.8. The van der Waals surface area contributed by atoms with Crippen molar-refractivity contribution in [3.63, 3.8) is 0 Å². The van der Waals surface area contributed by atoms with Gasteiger partial charge in [0.25, 0.3) is 22.9 Å². The molecule has 8 N–H and O–H groups in total. The second kappa shape index (κ2) is 25.1. The van der Waals surface area contributed by atoms with Gasteiger partial charge in [0.2, 0.25) is 0 Å². The van der Waals surface area contributed by atoms with Crippen LogP contribution in [0.5, 0.6) is 0 Å². The number of rotatable bonds is 22. The summed E-state index contributed by atoms with van der Waals surface area (Å²) in [5, 5.41) is 11.9. The fourth-order valence-corrected chi connectivity index (χ4v) is 10.2. The lowest BCUT2D eigenvalue weighted by Gasteiger charge is -2.19. The maximum Gasteiger partial charge on any atom is 0.416 e. The Morgan fingerprint density at radius 1 is 0.568 bits per heavy atom. The van der Waals surface area contributed by atoms with E-state index in [1.807, 2.05) is 7.05 Å². The maximum atomic E-state index is 13.8. The number of hydrogen-bond acceptors (Lipinski definition) is 11. The number of nitrogen functional groups attached to an aromatic ring is 2. The molecule has 2 unspecified atom stereocenters. The van der Waals surface area contributed by atoms with Crippen molar-refractivity contribution in [1.29, 1.82) is 0 Å². The standard InChI is InChI=1S/C51H55F6N9O6S2/c1-32-44(73(71)40-16-12-36(58)13-17-40)30-42(48(69)65(32)38-10-4-8-34(28-38)50(52,53)54)46(67)62-22-6-20-61-25-27-64(3)26-7-21-60-23-24-63-47(68)43-31-45(74(72)41-18-14-37(59)15-19-41)33(2)66(49(43)70)39-11-5-9-35(29-39)51(55,56)57/h4-5,8-19,28-31,60-61H,6-7,20-27,58-59H2,1-3H3,(H,62,67)(H,63,68). The molecule has 0 saturated heterocycles. The van der Waals surface area contributed by atoms with Gasteiger partial charge in [-0.25, -0.2) is 0 Å². The fraction of sp³-hybridized carbons (Fsp3) is 0.294. The number of pyridine rings is 2. The molecular formula is C51H55F6N9O6S2. The minimum Gasteiger partial charge on any atom is -0.606 e. The van der Waals surface area contributed by atoms with Crippen LogP contribution in [-0.4, -0.2) is 94.4 Å². The van der Waals surface area contributed by atoms with Crippen molar-refractivity contribution in [3.8, 4) is 11.4 Å². The van der Waals surface area contributed by atoms with Crippen LogP contribution in [0.3, 0.4) is 0 Å². The Bertz CT molecular complexity index is 2840. The summed E-state index contributed by atoms with van der Waals surface area (Å²) in [7, 11) is 1.94. The van der Waals surface area contributed by atoms with Crippen LogP contribution in [0.15, 0.2) is 138 Å². The van der Waals surface area contributed by atoms with E-state index in [1.165, 1.54) is 86.6 Å². The van der Waals surface area contributed by atoms with Crippen LogP contribution in [0, 0.1) is 13.8 Å². The lowest BCUT2D eigenvalue weighted by molar-refractivity contribution is -0.138. The number of nitrogens with zero attached hydrogens (tertiary/aromatic N) is 3. The van der Waals surface area contributed by atoms with Crippen LogP contribution >= 0.6 is 0 Å². The molecule has 0 saturated carbocycles. The Balaban J connectivity index is 0.955. The first kappa shape index (κ1) is 56.7. The topological polar surface area (TPSA) is 228 Å². The van der Waals surface area contributed by atoms with Gasteiger partial charge in [0.1, 0.15) is 11.1 Å². The van der Waals surface area contributed by atoms with E-state index < -0.39 is 79.9 Å². The van der Waals surface area contributed by atoms with E-state index >= 15 is 0 Å². The molecule has 0 radical (unpaired) electrons. The van der Waals surface area contributed by atoms with Crippen LogP contribution in [0.4, 0.5) is 37.7 Å². The average molecular weight is 1070 g/mol. The Labute approximate surface area is 428 Å². The zero-order valence-electron chi connectivity index (χ0n) is 40.5. The van der Waals surface area contributed by atoms with Crippen LogP contribution in [0.2, 0.25) is 0 Å². The largest absolute Gasteiger partial charge is 0.606 e. The molecule has 0 bridgehead atoms. The maximum absolute atomic E-state index is 13.8. The van der Waals surface area contributed by atoms with E-state index in [-0.39, 0.29) is 45.6 Å². The zero-order chi connectivity index (χ0) is 53.9. The highest BCUT2D eigenvalue weighted by Crippen LogP contribution is 2.33. The third-order valence-corrected chi connectivity index (χ3v) is 14.7. The Hall–Kier alpha value is -6.60. The van der Waals surface area contributed by atoms with Gasteiger partial charge in [0.15, 0.2) is 19.6 Å². The molecule has 4 aromatic carbocycles. The van der Waals surface area contributed by atoms with E-state index in [9.17, 15) is 54.6 Å². The highest BCUT2D eigenvalue weighted by molar-refractivity contribution is 7.91. The molecule has 0 fully saturated rings. The summed E-state index contributed by atoms with van der Waals surface area (Å²) < 4.78 is 112. The number of carbonyl (C=O) groups is 2. The highest BCUT2D eigenvalue weighted by Gasteiger charge is 2.34. The van der Waals surface area contributed by atoms with Gasteiger partial charge in [0, 0.05) is 90.0 Å². The first-order valence-corrected chi connectivity index (χ1v) is 25.5. The number of benzene rings is 4. The molecule has 0 aliphatic heterocycles. The number of anilines is 2. The normalized spacial score (nSPS) is 12.7. The van der Waals surface area contributed by atoms with Crippen LogP contribution in [0.1, 0.15) is 56.1 Å². The van der Waals surface area contributed by atoms with Crippen molar-refractivity contribution in [1.82, 2.24) is 35.3 Å². The molecule has 6 aromatic rings. The number of nitrogens with two attached hydrogens (primary N) is 2. The summed E-state index contributed by atoms with van der Waals surface area (Å²) in [6.45, 7) is 6.53. The van der Waals surface area contributed by atoms with E-state index in [4.69, 9.17) is 11.5 Å². The van der Waals surface area contributed by atoms with Crippen molar-refractivity contribution in [2.24, 2.45) is 0 Å². The van der Waals surface area contributed by atoms with Crippen molar-refractivity contribution in [3.05, 3.63) is 164 Å². The fourth-order valence-electron chi connectivity index (χ4n) is 7.74. The number of carbonyl (C=O) groups excluding carboxylic acids is 2. The quantitative estimate of drug-likeness (QED) is 0.0194. The number of likely N-dealkylation sites (N-methyl/N-ethyl adjacent to an activating group) is 1. The summed E-state index contributed by atoms with van der Waals surface area (Å²) in [4.78, 5) is 57.3. The lowest BCUT2D eigenvalue weighted by atomic mass is 10.1. The monoisotopic (exact) mass is 1070 g/mol. The number of amides is 2. The number of nitrogens with one attached hydrogen (secondary N) is 4. The summed E-state index contributed by atoms with van der Waals surface area (Å²) in [5.41, 5.74) is 7.70. The van der Waals surface area contributed by atoms with E-state index in [1.54, 1.807) is 0 Å². The second-order valence-corrected chi connectivity index (χ2v) is 20.0. The second-order valence-electron chi connectivity index (χ2n) is 17.1. The van der Waals surface area contributed by atoms with E-state index in [2.05, 4.69) is 26.2 Å². The van der Waals surface area contributed by atoms with Gasteiger partial charge in [-0.2, -0.15) is 26.3 Å². The molecule has 74 heavy (non-hydrogen) atoms. The molecule has 394 valence electrons. The van der Waals surface area contributed by atoms with Crippen LogP contribution in [-0.2, 0) is 34.7 Å². The number of aromatic nitrogens is 2. The zero-order valence-corrected chi connectivity index (χ0v) is 42.1. The molecule has 2 atom stereocenters. The average Bonchev–Trinajstić information content (AvgIpc) is 3.35. The van der Waals surface area contributed by atoms with Gasteiger partial charge in [-0.3, -0.25) is 28.3 Å². The minimum atomic E-state index is -4.71. The van der Waals surface area contributed by atoms with E-state index in [0.717, 1.165) is 52.0 Å². The van der Waals surface area contributed by atoms with Crippen molar-refractivity contribution < 1.29 is 45.0 Å². The molecule has 0 spiro atoms. The third-order valence-electron chi connectivity index (χ3n) is 11.7. The molecule has 6 rings (SSSR count). The van der Waals surface area contributed by atoms with Gasteiger partial charge in [-0.1, -0.05) is 12.1 Å². The van der Waals surface area contributed by atoms with Crippen LogP contribution in [0.25, 0.3) is 11.4 Å². The molecular weight excluding hydrogens is 1010 g/mol. The van der Waals surface area contributed by atoms with Gasteiger partial charge in [0.05, 0.1) is 22.5 Å². The molecule has 23 heteroatoms. The first-order valence-electron chi connectivity index (χ1n) is 23.2. The van der Waals surface area contributed by atoms with Crippen molar-refractivity contribution in [2.75, 3.05) is 70.9 Å². The van der Waals surface area contributed by atoms with Crippen molar-refractivity contribution >= 4 is 45.5 Å². The van der Waals surface area contributed by atoms with Gasteiger partial charge in [-0.15, -0.1) is 0 Å². The first-order chi connectivity index (χ1) is 35.1. The van der Waals surface area contributed by atoms with Crippen molar-refractivity contribution in [2.45, 2.75) is 58.6 Å². The molecule has 15 nitrogen and oxygen atoms in total. The van der Waals surface area contributed by atoms with Gasteiger partial charge < -0.3 is 46.7 Å². The molecule has 0 aliphatic rings. The number of halogens is 6. The molecule has 2 heterocycles. The number of hydrogen-bond donors (Lipinski definition) is 6. The van der Waals surface area contributed by atoms with Gasteiger partial charge in [-0.05, 0) is 138 Å². The number of alkyl halides is 6. The SMILES string of the molecule is Cc1c([S+]([O-])c2ccc(N)cc2)cc(C(=O)NCCCNCCN(C)CCCNCCNC(=O)c2cc([S+]([O-])c3ccc(N)cc3)c(C)n(-c3cccc(C(F)(F)F)c3)c2=O)c(=O)n1-c1cccc(C(F)(F)F)c1. The molecule has 2 aromatic heterocycles. The van der Waals surface area contributed by atoms with E-state index in [0.29, 0.717) is 66.9 Å². The Kier molecular flexibility index (Phi) is 19.2. The predicted octanol–water partition coefficient (Wildman–Crippen LogP) is 6.19. The third kappa shape index (κ3) is 14.4.